The van der Waals surface area contributed by atoms with Gasteiger partial charge in [0.15, 0.2) is 9.84 Å². The molecule has 4 rings (SSSR count). The molecule has 2 aromatic carbocycles. The molecule has 0 spiro atoms. The molecular formula is C33H42N4O4S. The summed E-state index contributed by atoms with van der Waals surface area (Å²) in [5, 5.41) is 5.83. The lowest BCUT2D eigenvalue weighted by atomic mass is 9.87. The standard InChI is InChI=1S/C33H42N4O4S/c1-8-37(9-2)17-16-34-32(39)30-21(3)29(35-22(30)4)19-27-26-18-25(14-15-28(26)36-31(27)38)42(40,41)20-23-10-12-24(13-11-23)33(5,6)7/h10-15,18-19,35H,8-9,16-17,20H2,1-7H3,(H,34,39)(H,36,38)/b27-19-. The van der Waals surface area contributed by atoms with E-state index in [0.717, 1.165) is 30.8 Å². The summed E-state index contributed by atoms with van der Waals surface area (Å²) >= 11 is 0. The largest absolute Gasteiger partial charge is 0.358 e. The number of rotatable bonds is 10. The second-order valence-corrected chi connectivity index (χ2v) is 13.9. The van der Waals surface area contributed by atoms with Gasteiger partial charge in [-0.25, -0.2) is 8.42 Å². The summed E-state index contributed by atoms with van der Waals surface area (Å²) in [6.45, 7) is 17.3. The highest BCUT2D eigenvalue weighted by molar-refractivity contribution is 7.90. The van der Waals surface area contributed by atoms with Gasteiger partial charge in [-0.05, 0) is 73.3 Å². The van der Waals surface area contributed by atoms with Crippen LogP contribution in [0, 0.1) is 13.8 Å². The number of amides is 2. The first-order valence-electron chi connectivity index (χ1n) is 14.4. The lowest BCUT2D eigenvalue weighted by molar-refractivity contribution is -0.110. The van der Waals surface area contributed by atoms with Gasteiger partial charge in [0.2, 0.25) is 0 Å². The third kappa shape index (κ3) is 6.68. The highest BCUT2D eigenvalue weighted by Gasteiger charge is 2.28. The van der Waals surface area contributed by atoms with Gasteiger partial charge in [-0.2, -0.15) is 0 Å². The van der Waals surface area contributed by atoms with Crippen molar-refractivity contribution in [3.63, 3.8) is 0 Å². The Morgan fingerprint density at radius 3 is 2.31 bits per heavy atom. The maximum atomic E-state index is 13.4. The number of carbonyl (C=O) groups excluding carboxylic acids is 2. The van der Waals surface area contributed by atoms with Gasteiger partial charge in [-0.3, -0.25) is 9.59 Å². The van der Waals surface area contributed by atoms with Gasteiger partial charge < -0.3 is 20.5 Å². The molecule has 3 N–H and O–H groups in total. The van der Waals surface area contributed by atoms with E-state index in [0.29, 0.717) is 45.9 Å². The van der Waals surface area contributed by atoms with Crippen LogP contribution in [-0.4, -0.2) is 56.3 Å². The lowest BCUT2D eigenvalue weighted by Gasteiger charge is -2.19. The smallest absolute Gasteiger partial charge is 0.256 e. The molecule has 0 bridgehead atoms. The number of aromatic amines is 1. The first-order chi connectivity index (χ1) is 19.7. The van der Waals surface area contributed by atoms with Crippen LogP contribution in [0.5, 0.6) is 0 Å². The molecule has 0 fully saturated rings. The van der Waals surface area contributed by atoms with Crippen LogP contribution in [0.4, 0.5) is 5.69 Å². The van der Waals surface area contributed by atoms with Gasteiger partial charge in [-0.1, -0.05) is 58.9 Å². The maximum Gasteiger partial charge on any atom is 0.256 e. The number of H-pyrrole nitrogens is 1. The Hall–Kier alpha value is -3.69. The minimum atomic E-state index is -3.67. The Kier molecular flexibility index (Phi) is 9.13. The van der Waals surface area contributed by atoms with Gasteiger partial charge >= 0.3 is 0 Å². The van der Waals surface area contributed by atoms with Crippen LogP contribution < -0.4 is 10.6 Å². The number of fused-ring (bicyclic) bond motifs is 1. The summed E-state index contributed by atoms with van der Waals surface area (Å²) in [7, 11) is -3.67. The summed E-state index contributed by atoms with van der Waals surface area (Å²) in [5.74, 6) is -0.634. The van der Waals surface area contributed by atoms with Crippen molar-refractivity contribution in [2.45, 2.75) is 64.5 Å². The summed E-state index contributed by atoms with van der Waals surface area (Å²) in [6.07, 6.45) is 1.69. The molecule has 0 saturated carbocycles. The van der Waals surface area contributed by atoms with Crippen LogP contribution in [0.2, 0.25) is 0 Å². The van der Waals surface area contributed by atoms with E-state index in [1.807, 2.05) is 38.1 Å². The molecule has 3 aromatic rings. The van der Waals surface area contributed by atoms with Crippen molar-refractivity contribution < 1.29 is 18.0 Å². The predicted octanol–water partition coefficient (Wildman–Crippen LogP) is 5.47. The number of likely N-dealkylation sites (N-methyl/N-ethyl adjacent to an activating group) is 1. The first-order valence-corrected chi connectivity index (χ1v) is 16.1. The molecule has 2 heterocycles. The van der Waals surface area contributed by atoms with Crippen molar-refractivity contribution in [1.82, 2.24) is 15.2 Å². The number of carbonyl (C=O) groups is 2. The zero-order valence-corrected chi connectivity index (χ0v) is 26.5. The van der Waals surface area contributed by atoms with Crippen molar-refractivity contribution in [3.8, 4) is 0 Å². The summed E-state index contributed by atoms with van der Waals surface area (Å²) in [6, 6.07) is 12.4. The van der Waals surface area contributed by atoms with Crippen molar-refractivity contribution in [1.29, 1.82) is 0 Å². The van der Waals surface area contributed by atoms with Crippen molar-refractivity contribution >= 4 is 39.0 Å². The third-order valence-electron chi connectivity index (χ3n) is 7.91. The maximum absolute atomic E-state index is 13.4. The average molecular weight is 591 g/mol. The number of sulfone groups is 1. The molecule has 1 aromatic heterocycles. The molecule has 42 heavy (non-hydrogen) atoms. The molecule has 0 saturated heterocycles. The highest BCUT2D eigenvalue weighted by atomic mass is 32.2. The Labute approximate surface area is 249 Å². The molecular weight excluding hydrogens is 548 g/mol. The van der Waals surface area contributed by atoms with Gasteiger partial charge in [0.05, 0.1) is 21.8 Å². The van der Waals surface area contributed by atoms with E-state index in [9.17, 15) is 18.0 Å². The van der Waals surface area contributed by atoms with E-state index in [-0.39, 0.29) is 27.9 Å². The third-order valence-corrected chi connectivity index (χ3v) is 9.60. The van der Waals surface area contributed by atoms with Gasteiger partial charge in [-0.15, -0.1) is 0 Å². The molecule has 9 heteroatoms. The molecule has 1 aliphatic heterocycles. The molecule has 8 nitrogen and oxygen atoms in total. The first kappa shape index (κ1) is 31.3. The van der Waals surface area contributed by atoms with E-state index in [1.54, 1.807) is 18.2 Å². The number of nitrogens with zero attached hydrogens (tertiary/aromatic N) is 1. The zero-order valence-electron chi connectivity index (χ0n) is 25.6. The molecule has 0 atom stereocenters. The number of aromatic nitrogens is 1. The monoisotopic (exact) mass is 590 g/mol. The number of benzene rings is 2. The fourth-order valence-corrected chi connectivity index (χ4v) is 6.64. The average Bonchev–Trinajstić information content (AvgIpc) is 3.39. The Balaban J connectivity index is 1.59. The fraction of sp³-hybridized carbons (Fsp3) is 0.394. The van der Waals surface area contributed by atoms with Crippen molar-refractivity contribution in [2.24, 2.45) is 0 Å². The molecule has 2 amide bonds. The fourth-order valence-electron chi connectivity index (χ4n) is 5.27. The Morgan fingerprint density at radius 2 is 1.69 bits per heavy atom. The van der Waals surface area contributed by atoms with Crippen LogP contribution in [0.1, 0.15) is 78.6 Å². The topological polar surface area (TPSA) is 111 Å². The van der Waals surface area contributed by atoms with Crippen molar-refractivity contribution in [3.05, 3.63) is 81.7 Å². The number of anilines is 1. The van der Waals surface area contributed by atoms with E-state index < -0.39 is 9.84 Å². The molecule has 0 aliphatic carbocycles. The van der Waals surface area contributed by atoms with Crippen molar-refractivity contribution in [2.75, 3.05) is 31.5 Å². The summed E-state index contributed by atoms with van der Waals surface area (Å²) in [5.41, 5.74) is 5.83. The van der Waals surface area contributed by atoms with Crippen LogP contribution in [-0.2, 0) is 25.8 Å². The SMILES string of the molecule is CCN(CC)CCNC(=O)c1c(C)[nH]c(/C=C2\C(=O)Nc3ccc(S(=O)(=O)Cc4ccc(C(C)(C)C)cc4)cc32)c1C. The minimum Gasteiger partial charge on any atom is -0.358 e. The highest BCUT2D eigenvalue weighted by Crippen LogP contribution is 2.36. The van der Waals surface area contributed by atoms with Gasteiger partial charge in [0.1, 0.15) is 0 Å². The predicted molar refractivity (Wildman–Crippen MR) is 169 cm³/mol. The summed E-state index contributed by atoms with van der Waals surface area (Å²) in [4.78, 5) is 31.6. The number of hydrogen-bond acceptors (Lipinski definition) is 5. The minimum absolute atomic E-state index is 0.0223. The van der Waals surface area contributed by atoms with Crippen LogP contribution in [0.25, 0.3) is 11.6 Å². The number of nitrogens with one attached hydrogen (secondary N) is 3. The van der Waals surface area contributed by atoms with Gasteiger partial charge in [0, 0.05) is 35.7 Å². The normalized spacial score (nSPS) is 14.4. The second kappa shape index (κ2) is 12.3. The molecule has 1 aliphatic rings. The van der Waals surface area contributed by atoms with E-state index in [2.05, 4.69) is 55.1 Å². The second-order valence-electron chi connectivity index (χ2n) is 11.9. The molecule has 0 unspecified atom stereocenters. The number of hydrogen-bond donors (Lipinski definition) is 3. The van der Waals surface area contributed by atoms with E-state index in [1.165, 1.54) is 6.07 Å². The van der Waals surface area contributed by atoms with Crippen LogP contribution in [0.3, 0.4) is 0 Å². The lowest BCUT2D eigenvalue weighted by Crippen LogP contribution is -2.35. The Morgan fingerprint density at radius 1 is 1.02 bits per heavy atom. The van der Waals surface area contributed by atoms with E-state index >= 15 is 0 Å². The molecule has 0 radical (unpaired) electrons. The summed E-state index contributed by atoms with van der Waals surface area (Å²) < 4.78 is 26.8. The Bertz CT molecular complexity index is 1620. The number of aryl methyl sites for hydroxylation is 1. The quantitative estimate of drug-likeness (QED) is 0.271. The van der Waals surface area contributed by atoms with Gasteiger partial charge in [0.25, 0.3) is 11.8 Å². The van der Waals surface area contributed by atoms with Crippen LogP contribution >= 0.6 is 0 Å². The van der Waals surface area contributed by atoms with E-state index in [4.69, 9.17) is 0 Å². The van der Waals surface area contributed by atoms with Crippen LogP contribution in [0.15, 0.2) is 47.4 Å². The molecule has 224 valence electrons. The zero-order chi connectivity index (χ0) is 30.8.